The van der Waals surface area contributed by atoms with Crippen molar-refractivity contribution < 1.29 is 0 Å². The lowest BCUT2D eigenvalue weighted by Crippen LogP contribution is -2.07. The molecule has 1 atom stereocenters. The number of aromatic nitrogens is 3. The lowest BCUT2D eigenvalue weighted by atomic mass is 9.95. The van der Waals surface area contributed by atoms with Crippen molar-refractivity contribution >= 4 is 11.8 Å². The Morgan fingerprint density at radius 1 is 1.12 bits per heavy atom. The van der Waals surface area contributed by atoms with E-state index in [4.69, 9.17) is 11.5 Å². The third kappa shape index (κ3) is 1.60. The Balaban J connectivity index is 2.10. The quantitative estimate of drug-likeness (QED) is 0.761. The van der Waals surface area contributed by atoms with Crippen LogP contribution in [-0.2, 0) is 6.42 Å². The van der Waals surface area contributed by atoms with Crippen LogP contribution in [-0.4, -0.2) is 15.0 Å². The first kappa shape index (κ1) is 10.0. The molecule has 0 saturated carbocycles. The third-order valence-corrected chi connectivity index (χ3v) is 3.20. The van der Waals surface area contributed by atoms with E-state index in [-0.39, 0.29) is 11.9 Å². The Morgan fingerprint density at radius 3 is 2.65 bits per heavy atom. The van der Waals surface area contributed by atoms with Crippen LogP contribution in [0, 0.1) is 0 Å². The van der Waals surface area contributed by atoms with Crippen molar-refractivity contribution in [1.82, 2.24) is 15.0 Å². The highest BCUT2D eigenvalue weighted by atomic mass is 15.0. The smallest absolute Gasteiger partial charge is 0.222 e. The monoisotopic (exact) mass is 227 g/mol. The molecule has 1 unspecified atom stereocenters. The molecule has 2 aromatic heterocycles. The minimum absolute atomic E-state index is 0.261. The van der Waals surface area contributed by atoms with Crippen molar-refractivity contribution in [2.75, 3.05) is 11.5 Å². The first-order valence-corrected chi connectivity index (χ1v) is 5.57. The number of pyridine rings is 1. The minimum atomic E-state index is 0.261. The van der Waals surface area contributed by atoms with E-state index in [1.54, 1.807) is 12.4 Å². The zero-order chi connectivity index (χ0) is 11.8. The molecule has 2 aromatic rings. The van der Waals surface area contributed by atoms with E-state index in [2.05, 4.69) is 15.0 Å². The van der Waals surface area contributed by atoms with Gasteiger partial charge in [0.2, 0.25) is 5.95 Å². The molecule has 2 heterocycles. The van der Waals surface area contributed by atoms with Crippen LogP contribution >= 0.6 is 0 Å². The summed E-state index contributed by atoms with van der Waals surface area (Å²) in [6.07, 6.45) is 5.49. The minimum Gasteiger partial charge on any atom is -0.383 e. The summed E-state index contributed by atoms with van der Waals surface area (Å²) < 4.78 is 0. The van der Waals surface area contributed by atoms with Crippen molar-refractivity contribution in [2.45, 2.75) is 18.8 Å². The molecule has 0 saturated heterocycles. The van der Waals surface area contributed by atoms with Crippen molar-refractivity contribution in [1.29, 1.82) is 0 Å². The number of nitrogens with two attached hydrogens (primary N) is 2. The number of hydrogen-bond donors (Lipinski definition) is 2. The highest BCUT2D eigenvalue weighted by Gasteiger charge is 2.28. The van der Waals surface area contributed by atoms with Crippen molar-refractivity contribution in [3.8, 4) is 0 Å². The van der Waals surface area contributed by atoms with Gasteiger partial charge in [-0.05, 0) is 30.5 Å². The molecule has 17 heavy (non-hydrogen) atoms. The molecule has 5 heteroatoms. The fourth-order valence-corrected chi connectivity index (χ4v) is 2.48. The zero-order valence-electron chi connectivity index (χ0n) is 9.30. The maximum Gasteiger partial charge on any atom is 0.222 e. The van der Waals surface area contributed by atoms with Gasteiger partial charge in [-0.3, -0.25) is 4.98 Å². The van der Waals surface area contributed by atoms with Crippen LogP contribution in [0.2, 0.25) is 0 Å². The molecule has 0 radical (unpaired) electrons. The fourth-order valence-electron chi connectivity index (χ4n) is 2.48. The van der Waals surface area contributed by atoms with Crippen LogP contribution in [0.25, 0.3) is 0 Å². The summed E-state index contributed by atoms with van der Waals surface area (Å²) in [5, 5.41) is 0. The van der Waals surface area contributed by atoms with Crippen LogP contribution in [0.15, 0.2) is 24.5 Å². The molecule has 3 rings (SSSR count). The van der Waals surface area contributed by atoms with Crippen LogP contribution in [0.1, 0.15) is 29.2 Å². The molecule has 1 aliphatic carbocycles. The van der Waals surface area contributed by atoms with E-state index >= 15 is 0 Å². The first-order chi connectivity index (χ1) is 8.25. The summed E-state index contributed by atoms with van der Waals surface area (Å²) >= 11 is 0. The second kappa shape index (κ2) is 3.69. The van der Waals surface area contributed by atoms with Gasteiger partial charge in [-0.2, -0.15) is 4.98 Å². The van der Waals surface area contributed by atoms with Crippen LogP contribution in [0.4, 0.5) is 11.8 Å². The normalized spacial score (nSPS) is 18.0. The lowest BCUT2D eigenvalue weighted by molar-refractivity contribution is 0.784. The molecule has 0 fully saturated rings. The predicted molar refractivity (Wildman–Crippen MR) is 65.3 cm³/mol. The number of nitrogens with zero attached hydrogens (tertiary/aromatic N) is 3. The number of hydrogen-bond acceptors (Lipinski definition) is 5. The highest BCUT2D eigenvalue weighted by molar-refractivity contribution is 5.53. The van der Waals surface area contributed by atoms with Gasteiger partial charge in [-0.1, -0.05) is 0 Å². The summed E-state index contributed by atoms with van der Waals surface area (Å²) in [6.45, 7) is 0. The number of aryl methyl sites for hydroxylation is 1. The highest BCUT2D eigenvalue weighted by Crippen LogP contribution is 2.39. The summed E-state index contributed by atoms with van der Waals surface area (Å²) in [5.41, 5.74) is 14.8. The summed E-state index contributed by atoms with van der Waals surface area (Å²) in [6, 6.07) is 4.02. The van der Waals surface area contributed by atoms with Crippen LogP contribution in [0.3, 0.4) is 0 Å². The molecule has 86 valence electrons. The fraction of sp³-hybridized carbons (Fsp3) is 0.250. The lowest BCUT2D eigenvalue weighted by Gasteiger charge is -2.13. The molecule has 0 aliphatic heterocycles. The molecule has 4 N–H and O–H groups in total. The second-order valence-electron chi connectivity index (χ2n) is 4.20. The molecular formula is C12H13N5. The molecule has 0 aromatic carbocycles. The van der Waals surface area contributed by atoms with E-state index in [0.717, 1.165) is 24.1 Å². The van der Waals surface area contributed by atoms with Crippen molar-refractivity contribution in [2.24, 2.45) is 0 Å². The third-order valence-electron chi connectivity index (χ3n) is 3.20. The van der Waals surface area contributed by atoms with Crippen molar-refractivity contribution in [3.63, 3.8) is 0 Å². The SMILES string of the molecule is Nc1nc(N)c2c(n1)CCC2c1ccncc1. The largest absolute Gasteiger partial charge is 0.383 e. The van der Waals surface area contributed by atoms with Crippen molar-refractivity contribution in [3.05, 3.63) is 41.3 Å². The van der Waals surface area contributed by atoms with Gasteiger partial charge in [0, 0.05) is 23.9 Å². The molecule has 0 spiro atoms. The van der Waals surface area contributed by atoms with E-state index in [1.807, 2.05) is 12.1 Å². The standard InChI is InChI=1S/C12H13N5/c13-11-10-8(7-3-5-15-6-4-7)1-2-9(10)16-12(14)17-11/h3-6,8H,1-2H2,(H4,13,14,16,17). The van der Waals surface area contributed by atoms with Gasteiger partial charge >= 0.3 is 0 Å². The average Bonchev–Trinajstić information content (AvgIpc) is 2.74. The van der Waals surface area contributed by atoms with Gasteiger partial charge in [0.1, 0.15) is 5.82 Å². The van der Waals surface area contributed by atoms with Gasteiger partial charge in [0.25, 0.3) is 0 Å². The summed E-state index contributed by atoms with van der Waals surface area (Å²) in [4.78, 5) is 12.3. The molecule has 0 bridgehead atoms. The zero-order valence-corrected chi connectivity index (χ0v) is 9.30. The predicted octanol–water partition coefficient (Wildman–Crippen LogP) is 1.11. The Kier molecular flexibility index (Phi) is 2.18. The maximum absolute atomic E-state index is 5.95. The molecule has 1 aliphatic rings. The van der Waals surface area contributed by atoms with Crippen LogP contribution < -0.4 is 11.5 Å². The molecular weight excluding hydrogens is 214 g/mol. The number of fused-ring (bicyclic) bond motifs is 1. The van der Waals surface area contributed by atoms with Gasteiger partial charge in [0.05, 0.1) is 5.69 Å². The topological polar surface area (TPSA) is 90.7 Å². The first-order valence-electron chi connectivity index (χ1n) is 5.57. The van der Waals surface area contributed by atoms with Gasteiger partial charge < -0.3 is 11.5 Å². The molecule has 0 amide bonds. The summed E-state index contributed by atoms with van der Waals surface area (Å²) in [5.74, 6) is 1.04. The van der Waals surface area contributed by atoms with E-state index in [0.29, 0.717) is 5.82 Å². The maximum atomic E-state index is 5.95. The van der Waals surface area contributed by atoms with E-state index < -0.39 is 0 Å². The van der Waals surface area contributed by atoms with Gasteiger partial charge in [-0.25, -0.2) is 4.98 Å². The Hall–Kier alpha value is -2.17. The van der Waals surface area contributed by atoms with E-state index in [1.165, 1.54) is 5.56 Å². The Morgan fingerprint density at radius 2 is 1.88 bits per heavy atom. The molecule has 5 nitrogen and oxygen atoms in total. The second-order valence-corrected chi connectivity index (χ2v) is 4.20. The van der Waals surface area contributed by atoms with Gasteiger partial charge in [0.15, 0.2) is 0 Å². The Bertz CT molecular complexity index is 552. The van der Waals surface area contributed by atoms with Crippen LogP contribution in [0.5, 0.6) is 0 Å². The number of rotatable bonds is 1. The summed E-state index contributed by atoms with van der Waals surface area (Å²) in [7, 11) is 0. The number of anilines is 2. The number of nitrogen functional groups attached to an aromatic ring is 2. The Labute approximate surface area is 98.9 Å². The van der Waals surface area contributed by atoms with Gasteiger partial charge in [-0.15, -0.1) is 0 Å². The average molecular weight is 227 g/mol. The van der Waals surface area contributed by atoms with E-state index in [9.17, 15) is 0 Å².